The van der Waals surface area contributed by atoms with Crippen LogP contribution >= 0.6 is 11.5 Å². The highest BCUT2D eigenvalue weighted by atomic mass is 32.1. The molecule has 2 heterocycles. The van der Waals surface area contributed by atoms with Crippen LogP contribution in [0, 0.1) is 6.92 Å². The molecule has 22 heavy (non-hydrogen) atoms. The lowest BCUT2D eigenvalue weighted by molar-refractivity contribution is 0.185. The van der Waals surface area contributed by atoms with Gasteiger partial charge in [0.2, 0.25) is 5.13 Å². The molecule has 3 rings (SSSR count). The minimum Gasteiger partial charge on any atom is -0.368 e. The number of urea groups is 1. The number of piperazine rings is 1. The Kier molecular flexibility index (Phi) is 4.24. The molecule has 0 saturated carbocycles. The lowest BCUT2D eigenvalue weighted by Gasteiger charge is -2.40. The van der Waals surface area contributed by atoms with Crippen LogP contribution in [0.1, 0.15) is 12.7 Å². The highest BCUT2D eigenvalue weighted by molar-refractivity contribution is 7.09. The summed E-state index contributed by atoms with van der Waals surface area (Å²) in [5, 5.41) is 3.39. The molecule has 6 nitrogen and oxygen atoms in total. The molecule has 2 amide bonds. The van der Waals surface area contributed by atoms with E-state index in [0.29, 0.717) is 17.5 Å². The Morgan fingerprint density at radius 2 is 2.09 bits per heavy atom. The van der Waals surface area contributed by atoms with Gasteiger partial charge in [0.1, 0.15) is 5.82 Å². The van der Waals surface area contributed by atoms with Crippen molar-refractivity contribution in [1.29, 1.82) is 0 Å². The monoisotopic (exact) mass is 317 g/mol. The number of para-hydroxylation sites is 1. The third-order valence-electron chi connectivity index (χ3n) is 3.75. The molecule has 2 aromatic rings. The van der Waals surface area contributed by atoms with Crippen molar-refractivity contribution in [3.63, 3.8) is 0 Å². The van der Waals surface area contributed by atoms with Gasteiger partial charge >= 0.3 is 6.03 Å². The summed E-state index contributed by atoms with van der Waals surface area (Å²) in [6, 6.07) is 10.3. The number of amides is 2. The van der Waals surface area contributed by atoms with Gasteiger partial charge in [0.25, 0.3) is 0 Å². The summed E-state index contributed by atoms with van der Waals surface area (Å²) >= 11 is 1.21. The zero-order valence-corrected chi connectivity index (χ0v) is 13.5. The van der Waals surface area contributed by atoms with Gasteiger partial charge < -0.3 is 9.80 Å². The Morgan fingerprint density at radius 1 is 1.32 bits per heavy atom. The first-order valence-electron chi connectivity index (χ1n) is 7.31. The number of nitrogens with one attached hydrogen (secondary N) is 1. The molecule has 1 aromatic carbocycles. The number of carbonyl (C=O) groups excluding carboxylic acids is 1. The lowest BCUT2D eigenvalue weighted by atomic mass is 10.1. The van der Waals surface area contributed by atoms with Crippen LogP contribution < -0.4 is 10.2 Å². The van der Waals surface area contributed by atoms with Gasteiger partial charge in [-0.1, -0.05) is 18.2 Å². The molecule has 0 bridgehead atoms. The summed E-state index contributed by atoms with van der Waals surface area (Å²) < 4.78 is 4.07. The van der Waals surface area contributed by atoms with Gasteiger partial charge in [-0.3, -0.25) is 5.32 Å². The van der Waals surface area contributed by atoms with Gasteiger partial charge in [-0.05, 0) is 26.0 Å². The topological polar surface area (TPSA) is 61.4 Å². The highest BCUT2D eigenvalue weighted by Gasteiger charge is 2.28. The number of hydrogen-bond donors (Lipinski definition) is 1. The SMILES string of the molecule is Cc1nsc(NC(=O)N2CCN(c3ccccc3)C[C@H]2C)n1. The van der Waals surface area contributed by atoms with Crippen LogP contribution in [-0.2, 0) is 0 Å². The largest absolute Gasteiger partial charge is 0.368 e. The maximum absolute atomic E-state index is 12.4. The van der Waals surface area contributed by atoms with E-state index in [9.17, 15) is 4.79 Å². The summed E-state index contributed by atoms with van der Waals surface area (Å²) in [5.41, 5.74) is 1.20. The second-order valence-electron chi connectivity index (χ2n) is 5.40. The molecule has 1 N–H and O–H groups in total. The average Bonchev–Trinajstić information content (AvgIpc) is 2.93. The van der Waals surface area contributed by atoms with Crippen molar-refractivity contribution in [3.05, 3.63) is 36.2 Å². The first-order valence-corrected chi connectivity index (χ1v) is 8.09. The second-order valence-corrected chi connectivity index (χ2v) is 6.15. The van der Waals surface area contributed by atoms with E-state index in [-0.39, 0.29) is 12.1 Å². The highest BCUT2D eigenvalue weighted by Crippen LogP contribution is 2.20. The molecule has 1 saturated heterocycles. The summed E-state index contributed by atoms with van der Waals surface area (Å²) in [7, 11) is 0. The number of nitrogens with zero attached hydrogens (tertiary/aromatic N) is 4. The number of carbonyl (C=O) groups is 1. The van der Waals surface area contributed by atoms with Crippen molar-refractivity contribution >= 4 is 28.4 Å². The van der Waals surface area contributed by atoms with E-state index in [1.54, 1.807) is 0 Å². The van der Waals surface area contributed by atoms with Crippen molar-refractivity contribution in [2.45, 2.75) is 19.9 Å². The molecule has 1 aromatic heterocycles. The minimum absolute atomic E-state index is 0.101. The first-order chi connectivity index (χ1) is 10.6. The van der Waals surface area contributed by atoms with Gasteiger partial charge in [-0.25, -0.2) is 9.78 Å². The van der Waals surface area contributed by atoms with Crippen LogP contribution in [0.3, 0.4) is 0 Å². The van der Waals surface area contributed by atoms with E-state index < -0.39 is 0 Å². The Morgan fingerprint density at radius 3 is 2.73 bits per heavy atom. The molecule has 116 valence electrons. The zero-order valence-electron chi connectivity index (χ0n) is 12.7. The molecule has 1 atom stereocenters. The molecule has 7 heteroatoms. The van der Waals surface area contributed by atoms with Crippen molar-refractivity contribution < 1.29 is 4.79 Å². The molecule has 1 fully saturated rings. The number of rotatable bonds is 2. The Bertz CT molecular complexity index is 644. The maximum Gasteiger partial charge on any atom is 0.324 e. The lowest BCUT2D eigenvalue weighted by Crippen LogP contribution is -2.55. The van der Waals surface area contributed by atoms with Crippen molar-refractivity contribution in [3.8, 4) is 0 Å². The second kappa shape index (κ2) is 6.31. The van der Waals surface area contributed by atoms with Gasteiger partial charge in [-0.15, -0.1) is 0 Å². The number of hydrogen-bond acceptors (Lipinski definition) is 5. The molecular weight excluding hydrogens is 298 g/mol. The van der Waals surface area contributed by atoms with E-state index >= 15 is 0 Å². The van der Waals surface area contributed by atoms with E-state index in [1.165, 1.54) is 17.2 Å². The van der Waals surface area contributed by atoms with Crippen molar-refractivity contribution in [2.24, 2.45) is 0 Å². The van der Waals surface area contributed by atoms with Gasteiger partial charge in [0.05, 0.1) is 0 Å². The van der Waals surface area contributed by atoms with E-state index in [0.717, 1.165) is 13.1 Å². The summed E-state index contributed by atoms with van der Waals surface area (Å²) in [6.07, 6.45) is 0. The molecule has 0 spiro atoms. The Balaban J connectivity index is 1.61. The van der Waals surface area contributed by atoms with Crippen molar-refractivity contribution in [2.75, 3.05) is 29.9 Å². The van der Waals surface area contributed by atoms with Gasteiger partial charge in [0.15, 0.2) is 0 Å². The molecule has 1 aliphatic heterocycles. The maximum atomic E-state index is 12.4. The molecular formula is C15H19N5OS. The predicted molar refractivity (Wildman–Crippen MR) is 88.5 cm³/mol. The van der Waals surface area contributed by atoms with E-state index in [2.05, 4.69) is 38.6 Å². The summed E-state index contributed by atoms with van der Waals surface area (Å²) in [4.78, 5) is 20.7. The summed E-state index contributed by atoms with van der Waals surface area (Å²) in [6.45, 7) is 6.23. The minimum atomic E-state index is -0.101. The number of benzene rings is 1. The fourth-order valence-electron chi connectivity index (χ4n) is 2.64. The van der Waals surface area contributed by atoms with E-state index in [1.807, 2.05) is 30.0 Å². The first kappa shape index (κ1) is 14.8. The Labute approximate surface area is 133 Å². The number of anilines is 2. The third-order valence-corrected chi connectivity index (χ3v) is 4.47. The smallest absolute Gasteiger partial charge is 0.324 e. The van der Waals surface area contributed by atoms with Crippen LogP contribution in [0.25, 0.3) is 0 Å². The fraction of sp³-hybridized carbons (Fsp3) is 0.400. The predicted octanol–water partition coefficient (Wildman–Crippen LogP) is 2.59. The average molecular weight is 317 g/mol. The van der Waals surface area contributed by atoms with Crippen LogP contribution in [-0.4, -0.2) is 46.0 Å². The zero-order chi connectivity index (χ0) is 15.5. The van der Waals surface area contributed by atoms with Gasteiger partial charge in [-0.2, -0.15) is 4.37 Å². The Hall–Kier alpha value is -2.15. The van der Waals surface area contributed by atoms with Gasteiger partial charge in [0, 0.05) is 42.9 Å². The molecule has 1 aliphatic rings. The standard InChI is InChI=1S/C15H19N5OS/c1-11-10-19(13-6-4-3-5-7-13)8-9-20(11)15(21)17-14-16-12(2)18-22-14/h3-7,11H,8-10H2,1-2H3,(H,16,17,18,21)/t11-/m1/s1. The van der Waals surface area contributed by atoms with Crippen LogP contribution in [0.15, 0.2) is 30.3 Å². The number of aryl methyl sites for hydroxylation is 1. The normalized spacial score (nSPS) is 18.4. The quantitative estimate of drug-likeness (QED) is 0.925. The van der Waals surface area contributed by atoms with E-state index in [4.69, 9.17) is 0 Å². The molecule has 0 aliphatic carbocycles. The van der Waals surface area contributed by atoms with Crippen molar-refractivity contribution in [1.82, 2.24) is 14.3 Å². The molecule has 0 radical (unpaired) electrons. The number of aromatic nitrogens is 2. The van der Waals surface area contributed by atoms with Crippen LogP contribution in [0.2, 0.25) is 0 Å². The van der Waals surface area contributed by atoms with Crippen LogP contribution in [0.4, 0.5) is 15.6 Å². The molecule has 0 unspecified atom stereocenters. The van der Waals surface area contributed by atoms with Crippen LogP contribution in [0.5, 0.6) is 0 Å². The fourth-order valence-corrected chi connectivity index (χ4v) is 3.21. The third kappa shape index (κ3) is 3.19. The summed E-state index contributed by atoms with van der Waals surface area (Å²) in [5.74, 6) is 0.683.